The van der Waals surface area contributed by atoms with Crippen molar-refractivity contribution < 1.29 is 0 Å². The van der Waals surface area contributed by atoms with E-state index in [2.05, 4.69) is 51.2 Å². The lowest BCUT2D eigenvalue weighted by atomic mass is 9.95. The summed E-state index contributed by atoms with van der Waals surface area (Å²) in [5.41, 5.74) is 4.31. The summed E-state index contributed by atoms with van der Waals surface area (Å²) >= 11 is 0. The lowest BCUT2D eigenvalue weighted by Crippen LogP contribution is -2.24. The molecule has 0 saturated heterocycles. The van der Waals surface area contributed by atoms with Crippen LogP contribution in [-0.4, -0.2) is 6.54 Å². The van der Waals surface area contributed by atoms with Crippen molar-refractivity contribution in [3.63, 3.8) is 0 Å². The van der Waals surface area contributed by atoms with Gasteiger partial charge in [-0.05, 0) is 49.8 Å². The maximum absolute atomic E-state index is 3.66. The Morgan fingerprint density at radius 2 is 2.06 bits per heavy atom. The molecule has 1 aliphatic carbocycles. The highest BCUT2D eigenvalue weighted by Gasteiger charge is 2.40. The normalized spacial score (nSPS) is 25.5. The summed E-state index contributed by atoms with van der Waals surface area (Å²) in [6.07, 6.45) is 1.38. The van der Waals surface area contributed by atoms with Crippen molar-refractivity contribution in [3.05, 3.63) is 34.9 Å². The van der Waals surface area contributed by atoms with Gasteiger partial charge in [0.05, 0.1) is 0 Å². The van der Waals surface area contributed by atoms with Gasteiger partial charge in [-0.2, -0.15) is 0 Å². The third-order valence-corrected chi connectivity index (χ3v) is 3.79. The predicted molar refractivity (Wildman–Crippen MR) is 69.6 cm³/mol. The van der Waals surface area contributed by atoms with Crippen molar-refractivity contribution in [2.24, 2.45) is 11.8 Å². The van der Waals surface area contributed by atoms with E-state index in [0.717, 1.165) is 18.4 Å². The van der Waals surface area contributed by atoms with E-state index < -0.39 is 0 Å². The van der Waals surface area contributed by atoms with Crippen molar-refractivity contribution in [3.8, 4) is 0 Å². The number of nitrogens with one attached hydrogen (secondary N) is 1. The summed E-state index contributed by atoms with van der Waals surface area (Å²) < 4.78 is 0. The third kappa shape index (κ3) is 2.30. The van der Waals surface area contributed by atoms with E-state index in [1.54, 1.807) is 0 Å². The van der Waals surface area contributed by atoms with Crippen LogP contribution in [-0.2, 0) is 0 Å². The van der Waals surface area contributed by atoms with Gasteiger partial charge in [-0.25, -0.2) is 0 Å². The highest BCUT2D eigenvalue weighted by atomic mass is 14.9. The molecule has 3 unspecified atom stereocenters. The monoisotopic (exact) mass is 217 g/mol. The Kier molecular flexibility index (Phi) is 3.34. The van der Waals surface area contributed by atoms with Crippen LogP contribution < -0.4 is 5.32 Å². The molecule has 0 spiro atoms. The van der Waals surface area contributed by atoms with Gasteiger partial charge < -0.3 is 5.32 Å². The predicted octanol–water partition coefficient (Wildman–Crippen LogP) is 3.61. The number of hydrogen-bond donors (Lipinski definition) is 1. The SMILES string of the molecule is CCNC(c1cc(C)ccc1C)C1CC1C. The molecule has 1 aromatic rings. The molecular weight excluding hydrogens is 194 g/mol. The Morgan fingerprint density at radius 1 is 1.38 bits per heavy atom. The average molecular weight is 217 g/mol. The molecule has 1 N–H and O–H groups in total. The van der Waals surface area contributed by atoms with Gasteiger partial charge in [0.2, 0.25) is 0 Å². The maximum atomic E-state index is 3.66. The zero-order valence-electron chi connectivity index (χ0n) is 10.9. The zero-order chi connectivity index (χ0) is 11.7. The van der Waals surface area contributed by atoms with E-state index in [1.807, 2.05) is 0 Å². The van der Waals surface area contributed by atoms with Gasteiger partial charge in [-0.1, -0.05) is 37.6 Å². The molecule has 88 valence electrons. The molecule has 3 atom stereocenters. The maximum Gasteiger partial charge on any atom is 0.0353 e. The van der Waals surface area contributed by atoms with Crippen molar-refractivity contribution in [2.75, 3.05) is 6.54 Å². The average Bonchev–Trinajstić information content (AvgIpc) is 2.96. The molecule has 0 aliphatic heterocycles. The van der Waals surface area contributed by atoms with Crippen LogP contribution in [0, 0.1) is 25.7 Å². The minimum Gasteiger partial charge on any atom is -0.310 e. The number of aryl methyl sites for hydroxylation is 2. The van der Waals surface area contributed by atoms with Crippen LogP contribution in [0.2, 0.25) is 0 Å². The first-order chi connectivity index (χ1) is 7.63. The summed E-state index contributed by atoms with van der Waals surface area (Å²) in [7, 11) is 0. The first-order valence-corrected chi connectivity index (χ1v) is 6.44. The molecule has 0 amide bonds. The molecule has 16 heavy (non-hydrogen) atoms. The number of hydrogen-bond acceptors (Lipinski definition) is 1. The topological polar surface area (TPSA) is 12.0 Å². The smallest absolute Gasteiger partial charge is 0.0353 e. The van der Waals surface area contributed by atoms with E-state index in [-0.39, 0.29) is 0 Å². The van der Waals surface area contributed by atoms with Crippen LogP contribution in [0.15, 0.2) is 18.2 Å². The van der Waals surface area contributed by atoms with Crippen LogP contribution in [0.1, 0.15) is 43.0 Å². The molecule has 1 fully saturated rings. The van der Waals surface area contributed by atoms with Gasteiger partial charge in [0.25, 0.3) is 0 Å². The van der Waals surface area contributed by atoms with Gasteiger partial charge in [-0.15, -0.1) is 0 Å². The van der Waals surface area contributed by atoms with E-state index in [1.165, 1.54) is 23.1 Å². The Hall–Kier alpha value is -0.820. The molecule has 0 radical (unpaired) electrons. The second-order valence-corrected chi connectivity index (χ2v) is 5.27. The van der Waals surface area contributed by atoms with E-state index >= 15 is 0 Å². The quantitative estimate of drug-likeness (QED) is 0.812. The molecule has 1 saturated carbocycles. The van der Waals surface area contributed by atoms with Crippen LogP contribution in [0.25, 0.3) is 0 Å². The fraction of sp³-hybridized carbons (Fsp3) is 0.600. The molecule has 1 nitrogen and oxygen atoms in total. The highest BCUT2D eigenvalue weighted by Crippen LogP contribution is 2.47. The first-order valence-electron chi connectivity index (χ1n) is 6.44. The fourth-order valence-electron chi connectivity index (χ4n) is 2.62. The molecule has 0 bridgehead atoms. The Labute approximate surface area is 99.3 Å². The first kappa shape index (κ1) is 11.7. The summed E-state index contributed by atoms with van der Waals surface area (Å²) in [5, 5.41) is 3.66. The minimum absolute atomic E-state index is 0.569. The summed E-state index contributed by atoms with van der Waals surface area (Å²) in [6.45, 7) is 10.0. The summed E-state index contributed by atoms with van der Waals surface area (Å²) in [4.78, 5) is 0. The van der Waals surface area contributed by atoms with Crippen LogP contribution in [0.3, 0.4) is 0 Å². The summed E-state index contributed by atoms with van der Waals surface area (Å²) in [6, 6.07) is 7.38. The van der Waals surface area contributed by atoms with E-state index in [9.17, 15) is 0 Å². The Bertz CT molecular complexity index is 370. The van der Waals surface area contributed by atoms with E-state index in [4.69, 9.17) is 0 Å². The molecular formula is C15H23N. The van der Waals surface area contributed by atoms with Gasteiger partial charge in [0.1, 0.15) is 0 Å². The lowest BCUT2D eigenvalue weighted by molar-refractivity contribution is 0.473. The van der Waals surface area contributed by atoms with E-state index in [0.29, 0.717) is 6.04 Å². The van der Waals surface area contributed by atoms with Crippen LogP contribution in [0.5, 0.6) is 0 Å². The van der Waals surface area contributed by atoms with Crippen molar-refractivity contribution in [1.29, 1.82) is 0 Å². The Morgan fingerprint density at radius 3 is 2.62 bits per heavy atom. The second kappa shape index (κ2) is 4.58. The van der Waals surface area contributed by atoms with Gasteiger partial charge in [0, 0.05) is 6.04 Å². The molecule has 1 heteroatoms. The largest absolute Gasteiger partial charge is 0.310 e. The van der Waals surface area contributed by atoms with Crippen LogP contribution in [0.4, 0.5) is 0 Å². The third-order valence-electron chi connectivity index (χ3n) is 3.79. The number of benzene rings is 1. The number of rotatable bonds is 4. The second-order valence-electron chi connectivity index (χ2n) is 5.27. The Balaban J connectivity index is 2.27. The highest BCUT2D eigenvalue weighted by molar-refractivity contribution is 5.34. The van der Waals surface area contributed by atoms with Gasteiger partial charge >= 0.3 is 0 Å². The molecule has 1 aliphatic rings. The van der Waals surface area contributed by atoms with Gasteiger partial charge in [-0.3, -0.25) is 0 Å². The van der Waals surface area contributed by atoms with Crippen molar-refractivity contribution >= 4 is 0 Å². The molecule has 0 aromatic heterocycles. The van der Waals surface area contributed by atoms with Gasteiger partial charge in [0.15, 0.2) is 0 Å². The fourth-order valence-corrected chi connectivity index (χ4v) is 2.62. The lowest BCUT2D eigenvalue weighted by Gasteiger charge is -2.21. The zero-order valence-corrected chi connectivity index (χ0v) is 10.9. The van der Waals surface area contributed by atoms with Crippen LogP contribution >= 0.6 is 0 Å². The molecule has 0 heterocycles. The standard InChI is InChI=1S/C15H23N/c1-5-16-15(14-9-12(14)4)13-8-10(2)6-7-11(13)3/h6-8,12,14-16H,5,9H2,1-4H3. The van der Waals surface area contributed by atoms with Crippen molar-refractivity contribution in [2.45, 2.75) is 40.2 Å². The molecule has 1 aromatic carbocycles. The van der Waals surface area contributed by atoms with Crippen molar-refractivity contribution in [1.82, 2.24) is 5.32 Å². The summed E-state index contributed by atoms with van der Waals surface area (Å²) in [5.74, 6) is 1.74. The molecule has 2 rings (SSSR count). The minimum atomic E-state index is 0.569.